The molecule has 1 aliphatic rings. The van der Waals surface area contributed by atoms with Crippen molar-refractivity contribution in [1.82, 2.24) is 4.90 Å². The predicted octanol–water partition coefficient (Wildman–Crippen LogP) is -1.15. The normalized spacial score (nSPS) is 17.9. The van der Waals surface area contributed by atoms with Crippen molar-refractivity contribution in [3.63, 3.8) is 0 Å². The third-order valence-corrected chi connectivity index (χ3v) is 2.25. The summed E-state index contributed by atoms with van der Waals surface area (Å²) in [6, 6.07) is 0. The van der Waals surface area contributed by atoms with Gasteiger partial charge in [-0.15, -0.1) is 0 Å². The fourth-order valence-electron chi connectivity index (χ4n) is 1.45. The van der Waals surface area contributed by atoms with Crippen LogP contribution in [0.15, 0.2) is 0 Å². The minimum absolute atomic E-state index is 0.0679. The Hall–Kier alpha value is -1.30. The highest BCUT2D eigenvalue weighted by atomic mass is 16.5. The first-order valence-corrected chi connectivity index (χ1v) is 4.62. The smallest absolute Gasteiger partial charge is 0.319 e. The molecule has 0 unspecified atom stereocenters. The molecule has 1 aliphatic heterocycles. The van der Waals surface area contributed by atoms with E-state index in [1.54, 1.807) is 4.90 Å². The Balaban J connectivity index is 2.29. The van der Waals surface area contributed by atoms with E-state index in [9.17, 15) is 4.79 Å². The lowest BCUT2D eigenvalue weighted by molar-refractivity contribution is -0.148. The summed E-state index contributed by atoms with van der Waals surface area (Å²) in [5, 5.41) is 7.21. The zero-order chi connectivity index (χ0) is 10.6. The third kappa shape index (κ3) is 2.88. The lowest BCUT2D eigenvalue weighted by Gasteiger charge is -2.31. The number of rotatable bonds is 2. The van der Waals surface area contributed by atoms with Gasteiger partial charge in [0, 0.05) is 25.9 Å². The number of nitrogens with two attached hydrogens (primary N) is 2. The number of ether oxygens (including phenoxy) is 1. The van der Waals surface area contributed by atoms with E-state index < -0.39 is 0 Å². The SMILES string of the molecule is N=C(N)N1CCC(OC(=O)CN)CC1. The van der Waals surface area contributed by atoms with Crippen molar-refractivity contribution in [1.29, 1.82) is 5.41 Å². The summed E-state index contributed by atoms with van der Waals surface area (Å²) in [6.07, 6.45) is 1.36. The maximum atomic E-state index is 10.9. The van der Waals surface area contributed by atoms with E-state index >= 15 is 0 Å². The number of hydrogen-bond donors (Lipinski definition) is 3. The number of hydrogen-bond acceptors (Lipinski definition) is 4. The van der Waals surface area contributed by atoms with Gasteiger partial charge in [0.1, 0.15) is 6.10 Å². The number of carbonyl (C=O) groups is 1. The second-order valence-electron chi connectivity index (χ2n) is 3.27. The van der Waals surface area contributed by atoms with Crippen LogP contribution in [0.4, 0.5) is 0 Å². The van der Waals surface area contributed by atoms with E-state index in [2.05, 4.69) is 0 Å². The first-order chi connectivity index (χ1) is 6.63. The van der Waals surface area contributed by atoms with E-state index in [-0.39, 0.29) is 24.6 Å². The Morgan fingerprint density at radius 3 is 2.50 bits per heavy atom. The summed E-state index contributed by atoms with van der Waals surface area (Å²) in [5.74, 6) is -0.292. The van der Waals surface area contributed by atoms with Gasteiger partial charge in [-0.05, 0) is 0 Å². The summed E-state index contributed by atoms with van der Waals surface area (Å²) in [5.41, 5.74) is 10.4. The van der Waals surface area contributed by atoms with Crippen LogP contribution in [0, 0.1) is 5.41 Å². The first kappa shape index (κ1) is 10.8. The average Bonchev–Trinajstić information content (AvgIpc) is 2.18. The molecule has 0 bridgehead atoms. The van der Waals surface area contributed by atoms with E-state index in [4.69, 9.17) is 21.6 Å². The summed E-state index contributed by atoms with van der Waals surface area (Å²) in [6.45, 7) is 1.25. The molecule has 0 atom stereocenters. The van der Waals surface area contributed by atoms with E-state index in [0.29, 0.717) is 25.9 Å². The number of likely N-dealkylation sites (tertiary alicyclic amines) is 1. The van der Waals surface area contributed by atoms with Crippen LogP contribution in [0.25, 0.3) is 0 Å². The van der Waals surface area contributed by atoms with Gasteiger partial charge in [0.25, 0.3) is 0 Å². The standard InChI is InChI=1S/C8H16N4O2/c9-5-7(13)14-6-1-3-12(4-2-6)8(10)11/h6H,1-5,9H2,(H3,10,11). The molecule has 1 fully saturated rings. The van der Waals surface area contributed by atoms with Gasteiger partial charge in [0.2, 0.25) is 0 Å². The molecule has 1 rings (SSSR count). The van der Waals surface area contributed by atoms with Gasteiger partial charge >= 0.3 is 5.97 Å². The lowest BCUT2D eigenvalue weighted by Crippen LogP contribution is -2.44. The lowest BCUT2D eigenvalue weighted by atomic mass is 10.1. The van der Waals surface area contributed by atoms with Crippen molar-refractivity contribution in [2.24, 2.45) is 11.5 Å². The van der Waals surface area contributed by atoms with Crippen molar-refractivity contribution >= 4 is 11.9 Å². The van der Waals surface area contributed by atoms with Gasteiger partial charge < -0.3 is 21.1 Å². The topological polar surface area (TPSA) is 105 Å². The van der Waals surface area contributed by atoms with Crippen molar-refractivity contribution in [2.45, 2.75) is 18.9 Å². The highest BCUT2D eigenvalue weighted by Crippen LogP contribution is 2.12. The van der Waals surface area contributed by atoms with Crippen molar-refractivity contribution in [2.75, 3.05) is 19.6 Å². The van der Waals surface area contributed by atoms with E-state index in [0.717, 1.165) is 0 Å². The van der Waals surface area contributed by atoms with Crippen LogP contribution in [0.1, 0.15) is 12.8 Å². The van der Waals surface area contributed by atoms with Crippen LogP contribution in [0.5, 0.6) is 0 Å². The van der Waals surface area contributed by atoms with E-state index in [1.165, 1.54) is 0 Å². The molecule has 1 heterocycles. The Morgan fingerprint density at radius 1 is 1.50 bits per heavy atom. The van der Waals surface area contributed by atoms with Crippen molar-refractivity contribution in [3.8, 4) is 0 Å². The molecule has 0 amide bonds. The number of carbonyl (C=O) groups excluding carboxylic acids is 1. The first-order valence-electron chi connectivity index (χ1n) is 4.62. The Kier molecular flexibility index (Phi) is 3.70. The molecule has 0 aliphatic carbocycles. The predicted molar refractivity (Wildman–Crippen MR) is 51.7 cm³/mol. The molecule has 0 aromatic heterocycles. The minimum atomic E-state index is -0.369. The van der Waals surface area contributed by atoms with Gasteiger partial charge in [-0.3, -0.25) is 10.2 Å². The second-order valence-corrected chi connectivity index (χ2v) is 3.27. The third-order valence-electron chi connectivity index (χ3n) is 2.25. The molecule has 80 valence electrons. The molecule has 6 heteroatoms. The number of guanidine groups is 1. The van der Waals surface area contributed by atoms with Gasteiger partial charge in [0.15, 0.2) is 5.96 Å². The number of esters is 1. The molecule has 1 saturated heterocycles. The van der Waals surface area contributed by atoms with Gasteiger partial charge in [-0.25, -0.2) is 0 Å². The van der Waals surface area contributed by atoms with Gasteiger partial charge in [-0.2, -0.15) is 0 Å². The molecule has 0 aromatic rings. The highest BCUT2D eigenvalue weighted by molar-refractivity contribution is 5.74. The molecule has 6 nitrogen and oxygen atoms in total. The summed E-state index contributed by atoms with van der Waals surface area (Å²) < 4.78 is 5.07. The van der Waals surface area contributed by atoms with E-state index in [1.807, 2.05) is 0 Å². The minimum Gasteiger partial charge on any atom is -0.461 e. The molecular weight excluding hydrogens is 184 g/mol. The highest BCUT2D eigenvalue weighted by Gasteiger charge is 2.22. The second kappa shape index (κ2) is 4.80. The molecule has 0 aromatic carbocycles. The van der Waals surface area contributed by atoms with Gasteiger partial charge in [0.05, 0.1) is 6.54 Å². The Morgan fingerprint density at radius 2 is 2.07 bits per heavy atom. The zero-order valence-electron chi connectivity index (χ0n) is 8.03. The van der Waals surface area contributed by atoms with Crippen LogP contribution >= 0.6 is 0 Å². The zero-order valence-corrected chi connectivity index (χ0v) is 8.03. The van der Waals surface area contributed by atoms with Crippen molar-refractivity contribution < 1.29 is 9.53 Å². The summed E-state index contributed by atoms with van der Waals surface area (Å²) in [7, 11) is 0. The summed E-state index contributed by atoms with van der Waals surface area (Å²) >= 11 is 0. The molecule has 0 radical (unpaired) electrons. The number of piperidine rings is 1. The molecule has 0 saturated carbocycles. The average molecular weight is 200 g/mol. The maximum absolute atomic E-state index is 10.9. The molecule has 0 spiro atoms. The quantitative estimate of drug-likeness (QED) is 0.296. The van der Waals surface area contributed by atoms with Gasteiger partial charge in [-0.1, -0.05) is 0 Å². The monoisotopic (exact) mass is 200 g/mol. The number of nitrogens with one attached hydrogen (secondary N) is 1. The number of nitrogens with zero attached hydrogens (tertiary/aromatic N) is 1. The van der Waals surface area contributed by atoms with Crippen molar-refractivity contribution in [3.05, 3.63) is 0 Å². The van der Waals surface area contributed by atoms with Crippen LogP contribution in [-0.4, -0.2) is 42.6 Å². The van der Waals surface area contributed by atoms with Crippen LogP contribution in [-0.2, 0) is 9.53 Å². The van der Waals surface area contributed by atoms with Crippen LogP contribution in [0.2, 0.25) is 0 Å². The largest absolute Gasteiger partial charge is 0.461 e. The Bertz CT molecular complexity index is 223. The molecule has 14 heavy (non-hydrogen) atoms. The molecular formula is C8H16N4O2. The summed E-state index contributed by atoms with van der Waals surface area (Å²) in [4.78, 5) is 12.6. The Labute approximate surface area is 82.7 Å². The molecule has 5 N–H and O–H groups in total. The maximum Gasteiger partial charge on any atom is 0.319 e. The van der Waals surface area contributed by atoms with Crippen LogP contribution < -0.4 is 11.5 Å². The fraction of sp³-hybridized carbons (Fsp3) is 0.750. The fourth-order valence-corrected chi connectivity index (χ4v) is 1.45. The van der Waals surface area contributed by atoms with Crippen LogP contribution in [0.3, 0.4) is 0 Å².